The van der Waals surface area contributed by atoms with Gasteiger partial charge in [-0.15, -0.1) is 0 Å². The fourth-order valence-corrected chi connectivity index (χ4v) is 3.19. The molecule has 1 fully saturated rings. The fourth-order valence-electron chi connectivity index (χ4n) is 3.19. The molecule has 0 aromatic heterocycles. The van der Waals surface area contributed by atoms with Crippen LogP contribution in [-0.4, -0.2) is 41.3 Å². The summed E-state index contributed by atoms with van der Waals surface area (Å²) in [5.74, 6) is 0.177. The molecule has 0 unspecified atom stereocenters. The molecule has 2 amide bonds. The molecular weight excluding hydrogens is 347 g/mol. The third kappa shape index (κ3) is 4.10. The van der Waals surface area contributed by atoms with Crippen molar-refractivity contribution >= 4 is 11.8 Å². The Bertz CT molecular complexity index is 851. The number of rotatable bonds is 5. The maximum Gasteiger partial charge on any atom is 0.245 e. The molecule has 3 rings (SSSR count). The molecule has 1 atom stereocenters. The first-order chi connectivity index (χ1) is 12.9. The van der Waals surface area contributed by atoms with E-state index in [1.807, 2.05) is 24.3 Å². The number of ether oxygens (including phenoxy) is 1. The standard InChI is InChI=1S/C21H23FN2O3/c1-14-4-5-17(10-19(14)22)12-24-15(2)21(26)23(13-20(24)25)11-16-6-8-18(27-3)9-7-16/h4-10,15H,11-13H2,1-3H3/t15-/m0/s1. The molecule has 0 bridgehead atoms. The highest BCUT2D eigenvalue weighted by Gasteiger charge is 2.36. The molecule has 2 aromatic rings. The average Bonchev–Trinajstić information content (AvgIpc) is 2.66. The van der Waals surface area contributed by atoms with Crippen molar-refractivity contribution in [3.8, 4) is 5.75 Å². The Morgan fingerprint density at radius 1 is 1.07 bits per heavy atom. The van der Waals surface area contributed by atoms with Crippen molar-refractivity contribution in [3.63, 3.8) is 0 Å². The van der Waals surface area contributed by atoms with Crippen LogP contribution in [0.3, 0.4) is 0 Å². The molecule has 2 aromatic carbocycles. The molecule has 0 spiro atoms. The zero-order valence-electron chi connectivity index (χ0n) is 15.7. The summed E-state index contributed by atoms with van der Waals surface area (Å²) in [7, 11) is 1.60. The zero-order valence-corrected chi connectivity index (χ0v) is 15.7. The lowest BCUT2D eigenvalue weighted by atomic mass is 10.1. The number of piperazine rings is 1. The van der Waals surface area contributed by atoms with Crippen molar-refractivity contribution < 1.29 is 18.7 Å². The summed E-state index contributed by atoms with van der Waals surface area (Å²) in [5, 5.41) is 0. The van der Waals surface area contributed by atoms with Crippen LogP contribution in [0, 0.1) is 12.7 Å². The number of amides is 2. The number of aryl methyl sites for hydroxylation is 1. The van der Waals surface area contributed by atoms with Crippen LogP contribution >= 0.6 is 0 Å². The van der Waals surface area contributed by atoms with E-state index in [9.17, 15) is 14.0 Å². The Labute approximate surface area is 158 Å². The second-order valence-corrected chi connectivity index (χ2v) is 6.82. The average molecular weight is 370 g/mol. The van der Waals surface area contributed by atoms with Gasteiger partial charge in [0.2, 0.25) is 11.8 Å². The summed E-state index contributed by atoms with van der Waals surface area (Å²) in [6.07, 6.45) is 0. The second-order valence-electron chi connectivity index (χ2n) is 6.82. The van der Waals surface area contributed by atoms with E-state index in [4.69, 9.17) is 4.74 Å². The van der Waals surface area contributed by atoms with E-state index in [2.05, 4.69) is 0 Å². The van der Waals surface area contributed by atoms with E-state index in [1.165, 1.54) is 11.0 Å². The Balaban J connectivity index is 1.70. The number of methoxy groups -OCH3 is 1. The van der Waals surface area contributed by atoms with Gasteiger partial charge in [-0.25, -0.2) is 4.39 Å². The Hall–Kier alpha value is -2.89. The number of benzene rings is 2. The van der Waals surface area contributed by atoms with Gasteiger partial charge in [-0.3, -0.25) is 9.59 Å². The first-order valence-corrected chi connectivity index (χ1v) is 8.85. The van der Waals surface area contributed by atoms with Gasteiger partial charge in [0.25, 0.3) is 0 Å². The van der Waals surface area contributed by atoms with E-state index < -0.39 is 6.04 Å². The molecular formula is C21H23FN2O3. The highest BCUT2D eigenvalue weighted by molar-refractivity contribution is 5.94. The predicted octanol–water partition coefficient (Wildman–Crippen LogP) is 2.90. The van der Waals surface area contributed by atoms with Crippen molar-refractivity contribution in [1.82, 2.24) is 9.80 Å². The van der Waals surface area contributed by atoms with Gasteiger partial charge in [-0.05, 0) is 48.7 Å². The van der Waals surface area contributed by atoms with E-state index in [0.717, 1.165) is 11.3 Å². The van der Waals surface area contributed by atoms with Crippen molar-refractivity contribution in [2.24, 2.45) is 0 Å². The third-order valence-corrected chi connectivity index (χ3v) is 4.90. The SMILES string of the molecule is COc1ccc(CN2CC(=O)N(Cc3ccc(C)c(F)c3)[C@@H](C)C2=O)cc1. The zero-order chi connectivity index (χ0) is 19.6. The maximum atomic E-state index is 13.8. The van der Waals surface area contributed by atoms with Crippen molar-refractivity contribution in [3.05, 3.63) is 65.0 Å². The van der Waals surface area contributed by atoms with Crippen molar-refractivity contribution in [2.45, 2.75) is 33.0 Å². The van der Waals surface area contributed by atoms with Gasteiger partial charge in [0.15, 0.2) is 0 Å². The number of hydrogen-bond donors (Lipinski definition) is 0. The number of halogens is 1. The van der Waals surface area contributed by atoms with Gasteiger partial charge in [-0.1, -0.05) is 24.3 Å². The Morgan fingerprint density at radius 3 is 2.37 bits per heavy atom. The summed E-state index contributed by atoms with van der Waals surface area (Å²) in [4.78, 5) is 28.4. The maximum absolute atomic E-state index is 13.8. The summed E-state index contributed by atoms with van der Waals surface area (Å²) < 4.78 is 18.9. The molecule has 1 aliphatic heterocycles. The topological polar surface area (TPSA) is 49.9 Å². The molecule has 0 saturated carbocycles. The van der Waals surface area contributed by atoms with Crippen LogP contribution in [-0.2, 0) is 22.7 Å². The molecule has 0 radical (unpaired) electrons. The van der Waals surface area contributed by atoms with Gasteiger partial charge >= 0.3 is 0 Å². The van der Waals surface area contributed by atoms with Gasteiger partial charge in [0, 0.05) is 13.1 Å². The van der Waals surface area contributed by atoms with Crippen LogP contribution < -0.4 is 4.74 Å². The van der Waals surface area contributed by atoms with E-state index in [-0.39, 0.29) is 30.7 Å². The van der Waals surface area contributed by atoms with Crippen LogP contribution in [0.1, 0.15) is 23.6 Å². The number of nitrogens with zero attached hydrogens (tertiary/aromatic N) is 2. The molecule has 1 heterocycles. The molecule has 1 saturated heterocycles. The molecule has 0 N–H and O–H groups in total. The minimum Gasteiger partial charge on any atom is -0.497 e. The lowest BCUT2D eigenvalue weighted by Crippen LogP contribution is -2.58. The van der Waals surface area contributed by atoms with Gasteiger partial charge in [-0.2, -0.15) is 0 Å². The normalized spacial score (nSPS) is 17.4. The molecule has 5 nitrogen and oxygen atoms in total. The summed E-state index contributed by atoms with van der Waals surface area (Å²) in [6, 6.07) is 11.7. The highest BCUT2D eigenvalue weighted by Crippen LogP contribution is 2.20. The number of carbonyl (C=O) groups is 2. The summed E-state index contributed by atoms with van der Waals surface area (Å²) in [6.45, 7) is 4.01. The van der Waals surface area contributed by atoms with Crippen LogP contribution in [0.4, 0.5) is 4.39 Å². The predicted molar refractivity (Wildman–Crippen MR) is 99.6 cm³/mol. The van der Waals surface area contributed by atoms with Crippen LogP contribution in [0.15, 0.2) is 42.5 Å². The van der Waals surface area contributed by atoms with Crippen molar-refractivity contribution in [1.29, 1.82) is 0 Å². The minimum absolute atomic E-state index is 0.0174. The molecule has 6 heteroatoms. The minimum atomic E-state index is -0.589. The van der Waals surface area contributed by atoms with Crippen LogP contribution in [0.5, 0.6) is 5.75 Å². The largest absolute Gasteiger partial charge is 0.497 e. The van der Waals surface area contributed by atoms with E-state index >= 15 is 0 Å². The second kappa shape index (κ2) is 7.78. The molecule has 1 aliphatic rings. The first kappa shape index (κ1) is 18.9. The third-order valence-electron chi connectivity index (χ3n) is 4.90. The highest BCUT2D eigenvalue weighted by atomic mass is 19.1. The Kier molecular flexibility index (Phi) is 5.44. The van der Waals surface area contributed by atoms with Gasteiger partial charge in [0.1, 0.15) is 24.2 Å². The number of carbonyl (C=O) groups excluding carboxylic acids is 2. The smallest absolute Gasteiger partial charge is 0.245 e. The first-order valence-electron chi connectivity index (χ1n) is 8.85. The molecule has 142 valence electrons. The quantitative estimate of drug-likeness (QED) is 0.813. The fraction of sp³-hybridized carbons (Fsp3) is 0.333. The number of hydrogen-bond acceptors (Lipinski definition) is 3. The van der Waals surface area contributed by atoms with E-state index in [0.29, 0.717) is 17.7 Å². The van der Waals surface area contributed by atoms with Crippen molar-refractivity contribution in [2.75, 3.05) is 13.7 Å². The van der Waals surface area contributed by atoms with Gasteiger partial charge < -0.3 is 14.5 Å². The van der Waals surface area contributed by atoms with Gasteiger partial charge in [0.05, 0.1) is 7.11 Å². The van der Waals surface area contributed by atoms with Crippen LogP contribution in [0.2, 0.25) is 0 Å². The van der Waals surface area contributed by atoms with Crippen LogP contribution in [0.25, 0.3) is 0 Å². The molecule has 27 heavy (non-hydrogen) atoms. The lowest BCUT2D eigenvalue weighted by Gasteiger charge is -2.39. The summed E-state index contributed by atoms with van der Waals surface area (Å²) in [5.41, 5.74) is 2.16. The molecule has 0 aliphatic carbocycles. The lowest BCUT2D eigenvalue weighted by molar-refractivity contribution is -0.156. The monoisotopic (exact) mass is 370 g/mol. The van der Waals surface area contributed by atoms with E-state index in [1.54, 1.807) is 38.0 Å². The summed E-state index contributed by atoms with van der Waals surface area (Å²) >= 11 is 0. The Morgan fingerprint density at radius 2 is 1.74 bits per heavy atom.